The number of fused-ring (bicyclic) bond motifs is 1. The molecule has 0 saturated carbocycles. The Morgan fingerprint density at radius 1 is 1.17 bits per heavy atom. The molecular formula is C23H24FNO5. The molecule has 0 aliphatic heterocycles. The van der Waals surface area contributed by atoms with Gasteiger partial charge in [0.05, 0.1) is 7.11 Å². The number of rotatable bonds is 8. The van der Waals surface area contributed by atoms with Crippen LogP contribution in [0.15, 0.2) is 51.7 Å². The van der Waals surface area contributed by atoms with Crippen molar-refractivity contribution in [1.29, 1.82) is 0 Å². The average molecular weight is 413 g/mol. The molecule has 0 fully saturated rings. The van der Waals surface area contributed by atoms with Crippen LogP contribution >= 0.6 is 0 Å². The molecule has 0 bridgehead atoms. The van der Waals surface area contributed by atoms with Gasteiger partial charge in [-0.05, 0) is 41.8 Å². The zero-order valence-corrected chi connectivity index (χ0v) is 17.2. The summed E-state index contributed by atoms with van der Waals surface area (Å²) in [6, 6.07) is 11.2. The lowest BCUT2D eigenvalue weighted by molar-refractivity contribution is -0.132. The summed E-state index contributed by atoms with van der Waals surface area (Å²) in [4.78, 5) is 25.6. The third-order valence-corrected chi connectivity index (χ3v) is 4.75. The number of likely N-dealkylation sites (N-methyl/N-ethyl adjacent to an activating group) is 1. The van der Waals surface area contributed by atoms with Crippen molar-refractivity contribution >= 4 is 16.9 Å². The topological polar surface area (TPSA) is 69.0 Å². The fourth-order valence-corrected chi connectivity index (χ4v) is 3.20. The van der Waals surface area contributed by atoms with E-state index in [1.807, 2.05) is 13.0 Å². The van der Waals surface area contributed by atoms with Gasteiger partial charge in [0, 0.05) is 31.1 Å². The fourth-order valence-electron chi connectivity index (χ4n) is 3.20. The Bertz CT molecular complexity index is 1110. The molecule has 0 saturated heterocycles. The minimum Gasteiger partial charge on any atom is -0.494 e. The normalized spacial score (nSPS) is 10.8. The molecule has 0 aliphatic rings. The number of nitrogens with zero attached hydrogens (tertiary/aromatic N) is 1. The molecule has 1 amide bonds. The summed E-state index contributed by atoms with van der Waals surface area (Å²) in [6.45, 7) is 2.08. The number of methoxy groups -OCH3 is 1. The van der Waals surface area contributed by atoms with Gasteiger partial charge < -0.3 is 18.8 Å². The largest absolute Gasteiger partial charge is 0.494 e. The highest BCUT2D eigenvalue weighted by molar-refractivity contribution is 5.82. The number of ether oxygens (including phenoxy) is 2. The predicted molar refractivity (Wildman–Crippen MR) is 111 cm³/mol. The van der Waals surface area contributed by atoms with Crippen LogP contribution in [0.3, 0.4) is 0 Å². The van der Waals surface area contributed by atoms with Gasteiger partial charge in [-0.3, -0.25) is 4.79 Å². The van der Waals surface area contributed by atoms with E-state index in [4.69, 9.17) is 13.9 Å². The number of amides is 1. The molecule has 0 spiro atoms. The highest BCUT2D eigenvalue weighted by atomic mass is 19.1. The van der Waals surface area contributed by atoms with Gasteiger partial charge in [0.1, 0.15) is 11.3 Å². The van der Waals surface area contributed by atoms with Crippen LogP contribution in [0.5, 0.6) is 11.5 Å². The Balaban J connectivity index is 1.65. The van der Waals surface area contributed by atoms with E-state index < -0.39 is 11.4 Å². The van der Waals surface area contributed by atoms with E-state index >= 15 is 0 Å². The first kappa shape index (κ1) is 21.4. The molecule has 0 radical (unpaired) electrons. The van der Waals surface area contributed by atoms with Crippen molar-refractivity contribution in [3.05, 3.63) is 69.8 Å². The number of benzene rings is 2. The highest BCUT2D eigenvalue weighted by Gasteiger charge is 2.13. The monoisotopic (exact) mass is 413 g/mol. The molecule has 1 heterocycles. The molecule has 0 atom stereocenters. The van der Waals surface area contributed by atoms with Gasteiger partial charge in [-0.1, -0.05) is 19.4 Å². The smallest absolute Gasteiger partial charge is 0.336 e. The molecule has 3 rings (SSSR count). The van der Waals surface area contributed by atoms with Gasteiger partial charge in [0.2, 0.25) is 0 Å². The quantitative estimate of drug-likeness (QED) is 0.524. The maximum atomic E-state index is 13.8. The molecule has 7 heteroatoms. The van der Waals surface area contributed by atoms with E-state index in [2.05, 4.69) is 0 Å². The van der Waals surface area contributed by atoms with Crippen molar-refractivity contribution < 1.29 is 23.1 Å². The van der Waals surface area contributed by atoms with E-state index in [1.54, 1.807) is 25.2 Å². The summed E-state index contributed by atoms with van der Waals surface area (Å²) in [5, 5.41) is 0.855. The summed E-state index contributed by atoms with van der Waals surface area (Å²) < 4.78 is 29.6. The third-order valence-electron chi connectivity index (χ3n) is 4.75. The molecule has 0 aliphatic carbocycles. The van der Waals surface area contributed by atoms with Gasteiger partial charge in [0.15, 0.2) is 18.2 Å². The first-order chi connectivity index (χ1) is 14.4. The van der Waals surface area contributed by atoms with Crippen molar-refractivity contribution in [2.45, 2.75) is 26.3 Å². The van der Waals surface area contributed by atoms with Crippen LogP contribution in [-0.2, 0) is 17.8 Å². The van der Waals surface area contributed by atoms with Crippen LogP contribution in [0.1, 0.15) is 24.5 Å². The number of hydrogen-bond donors (Lipinski definition) is 0. The molecule has 2 aromatic carbocycles. The number of carbonyl (C=O) groups is 1. The van der Waals surface area contributed by atoms with Gasteiger partial charge in [-0.15, -0.1) is 0 Å². The molecular weight excluding hydrogens is 389 g/mol. The van der Waals surface area contributed by atoms with Crippen molar-refractivity contribution in [1.82, 2.24) is 4.90 Å². The van der Waals surface area contributed by atoms with Crippen molar-refractivity contribution in [2.24, 2.45) is 0 Å². The summed E-state index contributed by atoms with van der Waals surface area (Å²) in [6.07, 6.45) is 1.69. The van der Waals surface area contributed by atoms with Gasteiger partial charge in [-0.2, -0.15) is 0 Å². The van der Waals surface area contributed by atoms with E-state index in [0.717, 1.165) is 23.8 Å². The lowest BCUT2D eigenvalue weighted by Gasteiger charge is -2.18. The van der Waals surface area contributed by atoms with E-state index in [-0.39, 0.29) is 24.8 Å². The molecule has 3 aromatic rings. The first-order valence-electron chi connectivity index (χ1n) is 9.67. The summed E-state index contributed by atoms with van der Waals surface area (Å²) in [5.41, 5.74) is 1.58. The Morgan fingerprint density at radius 2 is 1.97 bits per heavy atom. The highest BCUT2D eigenvalue weighted by Crippen LogP contribution is 2.24. The second-order valence-electron chi connectivity index (χ2n) is 7.01. The van der Waals surface area contributed by atoms with Crippen LogP contribution in [0.2, 0.25) is 0 Å². The maximum Gasteiger partial charge on any atom is 0.336 e. The van der Waals surface area contributed by atoms with Crippen LogP contribution in [-0.4, -0.2) is 31.6 Å². The maximum absolute atomic E-state index is 13.8. The number of halogens is 1. The Labute approximate surface area is 173 Å². The van der Waals surface area contributed by atoms with E-state index in [1.165, 1.54) is 30.2 Å². The SMILES string of the molecule is CCCc1cc(=O)oc2cc(OCC(=O)N(C)Cc3ccc(OC)c(F)c3)ccc12. The predicted octanol–water partition coefficient (Wildman–Crippen LogP) is 3.93. The Kier molecular flexibility index (Phi) is 6.72. The number of carbonyl (C=O) groups excluding carboxylic acids is 1. The zero-order valence-electron chi connectivity index (χ0n) is 17.2. The summed E-state index contributed by atoms with van der Waals surface area (Å²) in [5.74, 6) is -0.169. The number of hydrogen-bond acceptors (Lipinski definition) is 5. The third kappa shape index (κ3) is 4.97. The van der Waals surface area contributed by atoms with Crippen LogP contribution in [0, 0.1) is 5.82 Å². The Hall–Kier alpha value is -3.35. The fraction of sp³-hybridized carbons (Fsp3) is 0.304. The van der Waals surface area contributed by atoms with Gasteiger partial charge in [-0.25, -0.2) is 9.18 Å². The van der Waals surface area contributed by atoms with E-state index in [9.17, 15) is 14.0 Å². The average Bonchev–Trinajstić information content (AvgIpc) is 2.72. The van der Waals surface area contributed by atoms with Crippen LogP contribution in [0.4, 0.5) is 4.39 Å². The second-order valence-corrected chi connectivity index (χ2v) is 7.01. The summed E-state index contributed by atoms with van der Waals surface area (Å²) in [7, 11) is 3.01. The van der Waals surface area contributed by atoms with E-state index in [0.29, 0.717) is 16.9 Å². The molecule has 158 valence electrons. The minimum atomic E-state index is -0.479. The van der Waals surface area contributed by atoms with Crippen LogP contribution in [0.25, 0.3) is 11.0 Å². The molecule has 1 aromatic heterocycles. The first-order valence-corrected chi connectivity index (χ1v) is 9.67. The van der Waals surface area contributed by atoms with Crippen molar-refractivity contribution in [3.63, 3.8) is 0 Å². The summed E-state index contributed by atoms with van der Waals surface area (Å²) >= 11 is 0. The lowest BCUT2D eigenvalue weighted by atomic mass is 10.1. The zero-order chi connectivity index (χ0) is 21.7. The molecule has 30 heavy (non-hydrogen) atoms. The van der Waals surface area contributed by atoms with Crippen molar-refractivity contribution in [2.75, 3.05) is 20.8 Å². The van der Waals surface area contributed by atoms with Crippen LogP contribution < -0.4 is 15.1 Å². The molecule has 0 N–H and O–H groups in total. The Morgan fingerprint density at radius 3 is 2.67 bits per heavy atom. The standard InChI is InChI=1S/C23H24FNO5/c1-4-5-16-11-23(27)30-21-12-17(7-8-18(16)21)29-14-22(26)25(2)13-15-6-9-20(28-3)19(24)10-15/h6-12H,4-5,13-14H2,1-3H3. The van der Waals surface area contributed by atoms with Gasteiger partial charge in [0.25, 0.3) is 5.91 Å². The van der Waals surface area contributed by atoms with Gasteiger partial charge >= 0.3 is 5.63 Å². The minimum absolute atomic E-state index is 0.154. The lowest BCUT2D eigenvalue weighted by Crippen LogP contribution is -2.31. The van der Waals surface area contributed by atoms with Crippen molar-refractivity contribution in [3.8, 4) is 11.5 Å². The molecule has 6 nitrogen and oxygen atoms in total. The second kappa shape index (κ2) is 9.43. The number of aryl methyl sites for hydroxylation is 1. The molecule has 0 unspecified atom stereocenters.